The molecular weight excluding hydrogens is 407 g/mol. The summed E-state index contributed by atoms with van der Waals surface area (Å²) < 4.78 is 13.7. The van der Waals surface area contributed by atoms with Crippen molar-refractivity contribution in [2.75, 3.05) is 18.9 Å². The molecule has 1 aliphatic carbocycles. The van der Waals surface area contributed by atoms with Gasteiger partial charge in [0.25, 0.3) is 5.91 Å². The number of fused-ring (bicyclic) bond motifs is 1. The number of carbonyl (C=O) groups excluding carboxylic acids is 2. The molecule has 2 atom stereocenters. The first-order valence-electron chi connectivity index (χ1n) is 10.5. The maximum absolute atomic E-state index is 13.7. The highest BCUT2D eigenvalue weighted by atomic mass is 19.1. The van der Waals surface area contributed by atoms with Crippen molar-refractivity contribution in [2.45, 2.75) is 24.8 Å². The van der Waals surface area contributed by atoms with Gasteiger partial charge < -0.3 is 16.0 Å². The van der Waals surface area contributed by atoms with E-state index in [-0.39, 0.29) is 23.5 Å². The molecule has 164 valence electrons. The Balaban J connectivity index is 1.37. The lowest BCUT2D eigenvalue weighted by atomic mass is 9.99. The monoisotopic (exact) mass is 432 g/mol. The van der Waals surface area contributed by atoms with E-state index >= 15 is 0 Å². The Morgan fingerprint density at radius 3 is 2.59 bits per heavy atom. The predicted octanol–water partition coefficient (Wildman–Crippen LogP) is 3.66. The van der Waals surface area contributed by atoms with Crippen LogP contribution in [0.5, 0.6) is 0 Å². The number of aryl methyl sites for hydroxylation is 1. The van der Waals surface area contributed by atoms with Gasteiger partial charge in [0.2, 0.25) is 5.91 Å². The van der Waals surface area contributed by atoms with Crippen molar-refractivity contribution in [3.8, 4) is 0 Å². The Hall–Kier alpha value is -3.58. The summed E-state index contributed by atoms with van der Waals surface area (Å²) in [5.74, 6) is -0.943. The predicted molar refractivity (Wildman–Crippen MR) is 121 cm³/mol. The molecule has 0 spiro atoms. The number of rotatable bonds is 6. The molecule has 7 heteroatoms. The van der Waals surface area contributed by atoms with E-state index in [9.17, 15) is 14.0 Å². The Labute approximate surface area is 186 Å². The molecule has 2 aromatic carbocycles. The standard InChI is InChI=1S/C25H25FN4O2/c1-30(25(32)21-9-7-16-6-8-19(26)14-22(16)21)15-23(27)17-2-4-18(5-3-17)24(31)29-20-10-12-28-13-11-20/h2-6,8,10-14,21,23H,7,9,15,27H2,1H3,(H,28,29,31). The summed E-state index contributed by atoms with van der Waals surface area (Å²) in [6, 6.07) is 14.7. The number of aromatic nitrogens is 1. The summed E-state index contributed by atoms with van der Waals surface area (Å²) in [6.45, 7) is 0.322. The molecule has 0 bridgehead atoms. The van der Waals surface area contributed by atoms with Gasteiger partial charge in [-0.2, -0.15) is 0 Å². The van der Waals surface area contributed by atoms with Crippen LogP contribution < -0.4 is 11.1 Å². The second-order valence-corrected chi connectivity index (χ2v) is 8.07. The van der Waals surface area contributed by atoms with Gasteiger partial charge in [0.1, 0.15) is 5.82 Å². The fraction of sp³-hybridized carbons (Fsp3) is 0.240. The van der Waals surface area contributed by atoms with Crippen LogP contribution >= 0.6 is 0 Å². The maximum atomic E-state index is 13.7. The number of benzene rings is 2. The normalized spacial score (nSPS) is 15.7. The van der Waals surface area contributed by atoms with Crippen LogP contribution in [0.15, 0.2) is 67.0 Å². The van der Waals surface area contributed by atoms with E-state index in [1.54, 1.807) is 66.8 Å². The molecule has 0 fully saturated rings. The number of amides is 2. The summed E-state index contributed by atoms with van der Waals surface area (Å²) in [5.41, 5.74) is 10.1. The third kappa shape index (κ3) is 4.68. The Bertz CT molecular complexity index is 1120. The van der Waals surface area contributed by atoms with Gasteiger partial charge in [-0.25, -0.2) is 4.39 Å². The van der Waals surface area contributed by atoms with Gasteiger partial charge in [-0.3, -0.25) is 14.6 Å². The Morgan fingerprint density at radius 1 is 1.16 bits per heavy atom. The SMILES string of the molecule is CN(CC(N)c1ccc(C(=O)Nc2ccncc2)cc1)C(=O)C1CCc2ccc(F)cc21. The summed E-state index contributed by atoms with van der Waals surface area (Å²) in [6.07, 6.45) is 4.67. The van der Waals surface area contributed by atoms with Gasteiger partial charge in [0.15, 0.2) is 0 Å². The zero-order valence-electron chi connectivity index (χ0n) is 17.8. The van der Waals surface area contributed by atoms with Gasteiger partial charge >= 0.3 is 0 Å². The number of nitrogens with zero attached hydrogens (tertiary/aromatic N) is 2. The van der Waals surface area contributed by atoms with Crippen molar-refractivity contribution in [1.29, 1.82) is 0 Å². The molecule has 3 N–H and O–H groups in total. The van der Waals surface area contributed by atoms with Crippen LogP contribution in [-0.4, -0.2) is 35.3 Å². The van der Waals surface area contributed by atoms with Gasteiger partial charge in [-0.15, -0.1) is 0 Å². The van der Waals surface area contributed by atoms with E-state index in [1.165, 1.54) is 12.1 Å². The number of anilines is 1. The molecule has 4 rings (SSSR count). The second kappa shape index (κ2) is 9.28. The fourth-order valence-corrected chi connectivity index (χ4v) is 4.11. The first-order valence-corrected chi connectivity index (χ1v) is 10.5. The summed E-state index contributed by atoms with van der Waals surface area (Å²) in [5, 5.41) is 2.81. The van der Waals surface area contributed by atoms with Gasteiger partial charge in [0, 0.05) is 43.3 Å². The van der Waals surface area contributed by atoms with Crippen molar-refractivity contribution in [3.05, 3.63) is 95.1 Å². The summed E-state index contributed by atoms with van der Waals surface area (Å²) >= 11 is 0. The quantitative estimate of drug-likeness (QED) is 0.622. The van der Waals surface area contributed by atoms with Gasteiger partial charge in [-0.1, -0.05) is 18.2 Å². The van der Waals surface area contributed by atoms with Crippen LogP contribution in [0.3, 0.4) is 0 Å². The lowest BCUT2D eigenvalue weighted by molar-refractivity contribution is -0.131. The van der Waals surface area contributed by atoms with E-state index in [0.29, 0.717) is 24.2 Å². The highest BCUT2D eigenvalue weighted by Gasteiger charge is 2.31. The first kappa shape index (κ1) is 21.6. The molecular formula is C25H25FN4O2. The molecule has 2 amide bonds. The number of nitrogens with two attached hydrogens (primary N) is 1. The van der Waals surface area contributed by atoms with Crippen LogP contribution in [-0.2, 0) is 11.2 Å². The number of pyridine rings is 1. The van der Waals surface area contributed by atoms with Crippen molar-refractivity contribution in [2.24, 2.45) is 5.73 Å². The van der Waals surface area contributed by atoms with Crippen LogP contribution in [0.1, 0.15) is 45.4 Å². The van der Waals surface area contributed by atoms with Crippen LogP contribution in [0.25, 0.3) is 0 Å². The Morgan fingerprint density at radius 2 is 1.88 bits per heavy atom. The minimum atomic E-state index is -0.408. The second-order valence-electron chi connectivity index (χ2n) is 8.07. The number of hydrogen-bond acceptors (Lipinski definition) is 4. The molecule has 0 radical (unpaired) electrons. The molecule has 0 saturated carbocycles. The van der Waals surface area contributed by atoms with E-state index in [4.69, 9.17) is 5.73 Å². The maximum Gasteiger partial charge on any atom is 0.255 e. The highest BCUT2D eigenvalue weighted by Crippen LogP contribution is 2.35. The zero-order valence-corrected chi connectivity index (χ0v) is 17.8. The van der Waals surface area contributed by atoms with Crippen molar-refractivity contribution in [3.63, 3.8) is 0 Å². The van der Waals surface area contributed by atoms with E-state index in [2.05, 4.69) is 10.3 Å². The van der Waals surface area contributed by atoms with Crippen molar-refractivity contribution < 1.29 is 14.0 Å². The number of hydrogen-bond donors (Lipinski definition) is 2. The molecule has 0 saturated heterocycles. The van der Waals surface area contributed by atoms with E-state index in [0.717, 1.165) is 23.1 Å². The molecule has 1 aliphatic rings. The summed E-state index contributed by atoms with van der Waals surface area (Å²) in [4.78, 5) is 30.9. The fourth-order valence-electron chi connectivity index (χ4n) is 4.11. The topological polar surface area (TPSA) is 88.3 Å². The van der Waals surface area contributed by atoms with Crippen molar-refractivity contribution >= 4 is 17.5 Å². The average molecular weight is 432 g/mol. The lowest BCUT2D eigenvalue weighted by Gasteiger charge is -2.25. The number of halogens is 1. The molecule has 1 heterocycles. The molecule has 1 aromatic heterocycles. The van der Waals surface area contributed by atoms with Crippen molar-refractivity contribution in [1.82, 2.24) is 9.88 Å². The number of nitrogens with one attached hydrogen (secondary N) is 1. The number of likely N-dealkylation sites (N-methyl/N-ethyl adjacent to an activating group) is 1. The number of carbonyl (C=O) groups is 2. The third-order valence-corrected chi connectivity index (χ3v) is 5.87. The Kier molecular flexibility index (Phi) is 6.28. The van der Waals surface area contributed by atoms with Gasteiger partial charge in [0.05, 0.1) is 5.92 Å². The minimum absolute atomic E-state index is 0.0573. The third-order valence-electron chi connectivity index (χ3n) is 5.87. The molecule has 0 aliphatic heterocycles. The van der Waals surface area contributed by atoms with Crippen LogP contribution in [0, 0.1) is 5.82 Å². The van der Waals surface area contributed by atoms with E-state index in [1.807, 2.05) is 0 Å². The molecule has 6 nitrogen and oxygen atoms in total. The van der Waals surface area contributed by atoms with Crippen LogP contribution in [0.4, 0.5) is 10.1 Å². The largest absolute Gasteiger partial charge is 0.343 e. The highest BCUT2D eigenvalue weighted by molar-refractivity contribution is 6.04. The molecule has 2 unspecified atom stereocenters. The van der Waals surface area contributed by atoms with Crippen LogP contribution in [0.2, 0.25) is 0 Å². The zero-order chi connectivity index (χ0) is 22.7. The lowest BCUT2D eigenvalue weighted by Crippen LogP contribution is -2.36. The van der Waals surface area contributed by atoms with E-state index < -0.39 is 6.04 Å². The smallest absolute Gasteiger partial charge is 0.255 e. The molecule has 32 heavy (non-hydrogen) atoms. The van der Waals surface area contributed by atoms with Gasteiger partial charge in [-0.05, 0) is 65.9 Å². The first-order chi connectivity index (χ1) is 15.4. The molecule has 3 aromatic rings. The summed E-state index contributed by atoms with van der Waals surface area (Å²) in [7, 11) is 1.72. The minimum Gasteiger partial charge on any atom is -0.343 e. The average Bonchev–Trinajstić information content (AvgIpc) is 3.22.